The van der Waals surface area contributed by atoms with Crippen LogP contribution in [0.1, 0.15) is 32.6 Å². The third-order valence-corrected chi connectivity index (χ3v) is 3.61. The zero-order chi connectivity index (χ0) is 13.8. The van der Waals surface area contributed by atoms with E-state index in [2.05, 4.69) is 6.92 Å². The predicted molar refractivity (Wildman–Crippen MR) is 71.7 cm³/mol. The minimum Gasteiger partial charge on any atom is -0.493 e. The summed E-state index contributed by atoms with van der Waals surface area (Å²) in [5, 5.41) is 10.8. The number of ether oxygens (including phenoxy) is 2. The monoisotopic (exact) mass is 265 g/mol. The largest absolute Gasteiger partial charge is 0.493 e. The van der Waals surface area contributed by atoms with Gasteiger partial charge in [0, 0.05) is 6.07 Å². The first kappa shape index (κ1) is 13.6. The van der Waals surface area contributed by atoms with Gasteiger partial charge in [-0.1, -0.05) is 6.92 Å². The number of benzene rings is 1. The molecule has 0 heterocycles. The van der Waals surface area contributed by atoms with E-state index in [9.17, 15) is 10.1 Å². The van der Waals surface area contributed by atoms with Crippen LogP contribution in [0.25, 0.3) is 0 Å². The van der Waals surface area contributed by atoms with Crippen molar-refractivity contribution in [2.45, 2.75) is 38.7 Å². The molecule has 0 amide bonds. The molecule has 0 spiro atoms. The molecule has 1 saturated carbocycles. The van der Waals surface area contributed by atoms with Crippen molar-refractivity contribution in [3.05, 3.63) is 28.3 Å². The third kappa shape index (κ3) is 3.36. The fraction of sp³-hybridized carbons (Fsp3) is 0.571. The van der Waals surface area contributed by atoms with E-state index in [1.807, 2.05) is 0 Å². The van der Waals surface area contributed by atoms with E-state index in [0.29, 0.717) is 11.5 Å². The van der Waals surface area contributed by atoms with Crippen LogP contribution in [-0.4, -0.2) is 18.1 Å². The molecule has 104 valence electrons. The molecule has 0 bridgehead atoms. The Bertz CT molecular complexity index is 453. The summed E-state index contributed by atoms with van der Waals surface area (Å²) in [7, 11) is 1.54. The second kappa shape index (κ2) is 5.91. The van der Waals surface area contributed by atoms with Gasteiger partial charge in [-0.05, 0) is 37.7 Å². The van der Waals surface area contributed by atoms with Crippen molar-refractivity contribution in [3.8, 4) is 11.5 Å². The van der Waals surface area contributed by atoms with Crippen LogP contribution < -0.4 is 9.47 Å². The van der Waals surface area contributed by atoms with Crippen LogP contribution in [0.4, 0.5) is 5.69 Å². The van der Waals surface area contributed by atoms with Crippen LogP contribution in [0.3, 0.4) is 0 Å². The number of non-ortho nitro benzene ring substituents is 1. The van der Waals surface area contributed by atoms with Gasteiger partial charge in [0.1, 0.15) is 0 Å². The fourth-order valence-corrected chi connectivity index (χ4v) is 2.40. The van der Waals surface area contributed by atoms with E-state index in [4.69, 9.17) is 9.47 Å². The number of methoxy groups -OCH3 is 1. The van der Waals surface area contributed by atoms with Gasteiger partial charge >= 0.3 is 0 Å². The minimum atomic E-state index is -0.421. The molecule has 0 saturated heterocycles. The van der Waals surface area contributed by atoms with Crippen LogP contribution in [0.15, 0.2) is 18.2 Å². The highest BCUT2D eigenvalue weighted by Crippen LogP contribution is 2.34. The Morgan fingerprint density at radius 3 is 2.47 bits per heavy atom. The third-order valence-electron chi connectivity index (χ3n) is 3.61. The number of hydrogen-bond acceptors (Lipinski definition) is 4. The summed E-state index contributed by atoms with van der Waals surface area (Å²) in [4.78, 5) is 10.4. The van der Waals surface area contributed by atoms with Crippen LogP contribution >= 0.6 is 0 Å². The zero-order valence-electron chi connectivity index (χ0n) is 11.3. The highest BCUT2D eigenvalue weighted by molar-refractivity contribution is 5.48. The Hall–Kier alpha value is -1.78. The van der Waals surface area contributed by atoms with E-state index >= 15 is 0 Å². The minimum absolute atomic E-state index is 0.0278. The molecule has 5 nitrogen and oxygen atoms in total. The Labute approximate surface area is 112 Å². The SMILES string of the molecule is COc1ccc([N+](=O)[O-])cc1OC1CCC(C)CC1. The fourth-order valence-electron chi connectivity index (χ4n) is 2.40. The van der Waals surface area contributed by atoms with Crippen LogP contribution in [-0.2, 0) is 0 Å². The predicted octanol–water partition coefficient (Wildman–Crippen LogP) is 3.56. The van der Waals surface area contributed by atoms with Crippen molar-refractivity contribution >= 4 is 5.69 Å². The molecular formula is C14H19NO4. The smallest absolute Gasteiger partial charge is 0.273 e. The second-order valence-corrected chi connectivity index (χ2v) is 5.09. The van der Waals surface area contributed by atoms with Crippen molar-refractivity contribution < 1.29 is 14.4 Å². The molecule has 1 aliphatic rings. The van der Waals surface area contributed by atoms with Crippen molar-refractivity contribution in [1.29, 1.82) is 0 Å². The molecule has 1 aromatic rings. The lowest BCUT2D eigenvalue weighted by Gasteiger charge is -2.27. The van der Waals surface area contributed by atoms with Gasteiger partial charge in [0.15, 0.2) is 11.5 Å². The topological polar surface area (TPSA) is 61.6 Å². The first-order valence-electron chi connectivity index (χ1n) is 6.59. The van der Waals surface area contributed by atoms with E-state index in [-0.39, 0.29) is 11.8 Å². The normalized spacial score (nSPS) is 22.8. The van der Waals surface area contributed by atoms with Crippen molar-refractivity contribution in [2.75, 3.05) is 7.11 Å². The average Bonchev–Trinajstić information content (AvgIpc) is 2.41. The summed E-state index contributed by atoms with van der Waals surface area (Å²) >= 11 is 0. The van der Waals surface area contributed by atoms with E-state index in [1.165, 1.54) is 19.2 Å². The molecule has 5 heteroatoms. The molecule has 0 radical (unpaired) electrons. The molecular weight excluding hydrogens is 246 g/mol. The maximum atomic E-state index is 10.8. The number of nitro groups is 1. The van der Waals surface area contributed by atoms with Gasteiger partial charge in [-0.15, -0.1) is 0 Å². The summed E-state index contributed by atoms with van der Waals surface area (Å²) in [6.07, 6.45) is 4.40. The zero-order valence-corrected chi connectivity index (χ0v) is 11.3. The molecule has 1 aromatic carbocycles. The van der Waals surface area contributed by atoms with Crippen molar-refractivity contribution in [3.63, 3.8) is 0 Å². The maximum Gasteiger partial charge on any atom is 0.273 e. The van der Waals surface area contributed by atoms with Crippen LogP contribution in [0.5, 0.6) is 11.5 Å². The molecule has 2 rings (SSSR count). The summed E-state index contributed by atoms with van der Waals surface area (Å²) in [5.74, 6) is 1.76. The Kier molecular flexibility index (Phi) is 4.24. The first-order valence-corrected chi connectivity index (χ1v) is 6.59. The Morgan fingerprint density at radius 1 is 1.21 bits per heavy atom. The van der Waals surface area contributed by atoms with E-state index in [0.717, 1.165) is 31.6 Å². The standard InChI is InChI=1S/C14H19NO4/c1-10-3-6-12(7-4-10)19-14-9-11(15(16)17)5-8-13(14)18-2/h5,8-10,12H,3-4,6-7H2,1-2H3. The lowest BCUT2D eigenvalue weighted by Crippen LogP contribution is -2.23. The molecule has 0 N–H and O–H groups in total. The van der Waals surface area contributed by atoms with E-state index < -0.39 is 4.92 Å². The summed E-state index contributed by atoms with van der Waals surface area (Å²) in [5.41, 5.74) is 0.0278. The van der Waals surface area contributed by atoms with Gasteiger partial charge in [-0.3, -0.25) is 10.1 Å². The molecule has 0 atom stereocenters. The molecule has 0 aliphatic heterocycles. The number of nitrogens with zero attached hydrogens (tertiary/aromatic N) is 1. The molecule has 19 heavy (non-hydrogen) atoms. The molecule has 1 aliphatic carbocycles. The lowest BCUT2D eigenvalue weighted by atomic mass is 9.89. The van der Waals surface area contributed by atoms with Gasteiger partial charge < -0.3 is 9.47 Å². The number of rotatable bonds is 4. The van der Waals surface area contributed by atoms with E-state index in [1.54, 1.807) is 6.07 Å². The summed E-state index contributed by atoms with van der Waals surface area (Å²) in [6.45, 7) is 2.24. The van der Waals surface area contributed by atoms with Gasteiger partial charge in [0.25, 0.3) is 5.69 Å². The molecule has 0 aromatic heterocycles. The molecule has 1 fully saturated rings. The first-order chi connectivity index (χ1) is 9.10. The van der Waals surface area contributed by atoms with Gasteiger partial charge in [0.05, 0.1) is 24.2 Å². The maximum absolute atomic E-state index is 10.8. The second-order valence-electron chi connectivity index (χ2n) is 5.09. The number of hydrogen-bond donors (Lipinski definition) is 0. The van der Waals surface area contributed by atoms with Crippen molar-refractivity contribution in [1.82, 2.24) is 0 Å². The van der Waals surface area contributed by atoms with Gasteiger partial charge in [0.2, 0.25) is 0 Å². The van der Waals surface area contributed by atoms with Gasteiger partial charge in [-0.25, -0.2) is 0 Å². The quantitative estimate of drug-likeness (QED) is 0.617. The number of nitro benzene ring substituents is 1. The average molecular weight is 265 g/mol. The van der Waals surface area contributed by atoms with Crippen LogP contribution in [0, 0.1) is 16.0 Å². The lowest BCUT2D eigenvalue weighted by molar-refractivity contribution is -0.385. The Balaban J connectivity index is 2.13. The Morgan fingerprint density at radius 2 is 1.89 bits per heavy atom. The molecule has 0 unspecified atom stereocenters. The highest BCUT2D eigenvalue weighted by Gasteiger charge is 2.22. The highest BCUT2D eigenvalue weighted by atomic mass is 16.6. The summed E-state index contributed by atoms with van der Waals surface area (Å²) in [6, 6.07) is 4.45. The van der Waals surface area contributed by atoms with Gasteiger partial charge in [-0.2, -0.15) is 0 Å². The van der Waals surface area contributed by atoms with Crippen molar-refractivity contribution in [2.24, 2.45) is 5.92 Å². The van der Waals surface area contributed by atoms with Crippen LogP contribution in [0.2, 0.25) is 0 Å². The summed E-state index contributed by atoms with van der Waals surface area (Å²) < 4.78 is 11.1.